The second kappa shape index (κ2) is 6.80. The maximum Gasteiger partial charge on any atom is 0.212 e. The lowest BCUT2D eigenvalue weighted by atomic mass is 9.69. The van der Waals surface area contributed by atoms with Gasteiger partial charge in [0.25, 0.3) is 0 Å². The Morgan fingerprint density at radius 2 is 1.69 bits per heavy atom. The van der Waals surface area contributed by atoms with Crippen LogP contribution in [0.5, 0.6) is 0 Å². The zero-order chi connectivity index (χ0) is 19.1. The fraction of sp³-hybridized carbons (Fsp3) is 0.556. The Bertz CT molecular complexity index is 692. The number of methoxy groups -OCH3 is 1. The van der Waals surface area contributed by atoms with Crippen molar-refractivity contribution < 1.29 is 38.7 Å². The van der Waals surface area contributed by atoms with Gasteiger partial charge in [0.05, 0.1) is 6.61 Å². The van der Waals surface area contributed by atoms with Gasteiger partial charge in [-0.1, -0.05) is 30.3 Å². The van der Waals surface area contributed by atoms with Crippen LogP contribution < -0.4 is 0 Å². The molecule has 6 atom stereocenters. The van der Waals surface area contributed by atoms with Gasteiger partial charge in [-0.3, -0.25) is 9.59 Å². The van der Waals surface area contributed by atoms with E-state index in [1.807, 2.05) is 6.07 Å². The van der Waals surface area contributed by atoms with Crippen molar-refractivity contribution in [3.05, 3.63) is 35.9 Å². The molecule has 26 heavy (non-hydrogen) atoms. The summed E-state index contributed by atoms with van der Waals surface area (Å²) in [6, 6.07) is 8.92. The predicted octanol–water partition coefficient (Wildman–Crippen LogP) is 0.112. The molecule has 0 aromatic heterocycles. The van der Waals surface area contributed by atoms with E-state index in [2.05, 4.69) is 0 Å². The molecule has 8 nitrogen and oxygen atoms in total. The first-order valence-corrected chi connectivity index (χ1v) is 8.23. The molecule has 0 saturated carbocycles. The standard InChI is InChI=1S/C18H22O8/c1-10(19)17(21)14-13(25-16(23-3)18(17,22)11(2)20)9-24-15(26-14)12-7-5-4-6-8-12/h4-8,13-16,21-22H,9H2,1-3H3/t13-,14-,15?,16+,17-,18+/m1/s1. The average molecular weight is 366 g/mol. The van der Waals surface area contributed by atoms with Gasteiger partial charge >= 0.3 is 0 Å². The largest absolute Gasteiger partial charge is 0.376 e. The highest BCUT2D eigenvalue weighted by Gasteiger charge is 2.72. The summed E-state index contributed by atoms with van der Waals surface area (Å²) in [5.41, 5.74) is -4.51. The molecule has 0 radical (unpaired) electrons. The van der Waals surface area contributed by atoms with Gasteiger partial charge in [-0.15, -0.1) is 0 Å². The van der Waals surface area contributed by atoms with Crippen molar-refractivity contribution in [1.82, 2.24) is 0 Å². The minimum Gasteiger partial charge on any atom is -0.376 e. The van der Waals surface area contributed by atoms with Crippen molar-refractivity contribution in [2.45, 2.75) is 49.8 Å². The summed E-state index contributed by atoms with van der Waals surface area (Å²) >= 11 is 0. The summed E-state index contributed by atoms with van der Waals surface area (Å²) in [6.45, 7) is 2.12. The van der Waals surface area contributed by atoms with E-state index in [0.29, 0.717) is 5.56 Å². The number of rotatable bonds is 4. The van der Waals surface area contributed by atoms with Gasteiger partial charge in [0.2, 0.25) is 5.60 Å². The molecule has 0 amide bonds. The molecule has 1 aromatic carbocycles. The summed E-state index contributed by atoms with van der Waals surface area (Å²) in [4.78, 5) is 24.6. The number of benzene rings is 1. The average Bonchev–Trinajstić information content (AvgIpc) is 2.64. The SMILES string of the molecule is CO[C@H]1O[C@@H]2COC(c3ccccc3)O[C@H]2[C@](O)(C(C)=O)[C@]1(O)C(C)=O. The Hall–Kier alpha value is -1.68. The Kier molecular flexibility index (Phi) is 5.00. The van der Waals surface area contributed by atoms with Crippen molar-refractivity contribution in [1.29, 1.82) is 0 Å². The van der Waals surface area contributed by atoms with Crippen LogP contribution >= 0.6 is 0 Å². The van der Waals surface area contributed by atoms with E-state index >= 15 is 0 Å². The van der Waals surface area contributed by atoms with Crippen molar-refractivity contribution in [2.75, 3.05) is 13.7 Å². The van der Waals surface area contributed by atoms with Crippen LogP contribution in [0.1, 0.15) is 25.7 Å². The molecule has 0 aliphatic carbocycles. The lowest BCUT2D eigenvalue weighted by Gasteiger charge is -2.55. The topological polar surface area (TPSA) is 112 Å². The van der Waals surface area contributed by atoms with Crippen LogP contribution in [0, 0.1) is 0 Å². The van der Waals surface area contributed by atoms with Crippen LogP contribution in [0.4, 0.5) is 0 Å². The summed E-state index contributed by atoms with van der Waals surface area (Å²) in [5.74, 6) is -1.70. The van der Waals surface area contributed by atoms with Gasteiger partial charge in [-0.2, -0.15) is 0 Å². The second-order valence-electron chi connectivity index (χ2n) is 6.52. The maximum absolute atomic E-state index is 12.4. The van der Waals surface area contributed by atoms with E-state index in [-0.39, 0.29) is 6.61 Å². The third-order valence-electron chi connectivity index (χ3n) is 5.01. The highest BCUT2D eigenvalue weighted by Crippen LogP contribution is 2.45. The number of carbonyl (C=O) groups is 2. The van der Waals surface area contributed by atoms with E-state index in [1.54, 1.807) is 24.3 Å². The molecular weight excluding hydrogens is 344 g/mol. The summed E-state index contributed by atoms with van der Waals surface area (Å²) in [6.07, 6.45) is -4.66. The Morgan fingerprint density at radius 1 is 1.08 bits per heavy atom. The zero-order valence-electron chi connectivity index (χ0n) is 14.7. The van der Waals surface area contributed by atoms with Crippen molar-refractivity contribution in [3.63, 3.8) is 0 Å². The van der Waals surface area contributed by atoms with Crippen LogP contribution in [0.2, 0.25) is 0 Å². The van der Waals surface area contributed by atoms with Crippen LogP contribution in [-0.4, -0.2) is 65.2 Å². The third kappa shape index (κ3) is 2.61. The molecule has 1 unspecified atom stereocenters. The van der Waals surface area contributed by atoms with E-state index in [9.17, 15) is 19.8 Å². The van der Waals surface area contributed by atoms with Gasteiger partial charge in [0.15, 0.2) is 29.7 Å². The molecule has 2 fully saturated rings. The molecule has 2 aliphatic heterocycles. The quantitative estimate of drug-likeness (QED) is 0.772. The molecule has 2 saturated heterocycles. The minimum atomic E-state index is -2.62. The van der Waals surface area contributed by atoms with Crippen molar-refractivity contribution >= 4 is 11.6 Å². The summed E-state index contributed by atoms with van der Waals surface area (Å²) < 4.78 is 22.1. The first-order chi connectivity index (χ1) is 12.3. The van der Waals surface area contributed by atoms with E-state index in [1.165, 1.54) is 7.11 Å². The first kappa shape index (κ1) is 19.1. The molecule has 0 bridgehead atoms. The van der Waals surface area contributed by atoms with Crippen LogP contribution in [-0.2, 0) is 28.5 Å². The Labute approximate surface area is 150 Å². The number of fused-ring (bicyclic) bond motifs is 1. The van der Waals surface area contributed by atoms with Crippen molar-refractivity contribution in [2.24, 2.45) is 0 Å². The van der Waals surface area contributed by atoms with Crippen molar-refractivity contribution in [3.8, 4) is 0 Å². The van der Waals surface area contributed by atoms with Gasteiger partial charge in [0, 0.05) is 12.7 Å². The van der Waals surface area contributed by atoms with E-state index in [0.717, 1.165) is 13.8 Å². The van der Waals surface area contributed by atoms with Crippen LogP contribution in [0.15, 0.2) is 30.3 Å². The van der Waals surface area contributed by atoms with Crippen LogP contribution in [0.25, 0.3) is 0 Å². The van der Waals surface area contributed by atoms with E-state index in [4.69, 9.17) is 18.9 Å². The number of carbonyl (C=O) groups excluding carboxylic acids is 2. The molecule has 3 rings (SSSR count). The van der Waals surface area contributed by atoms with Crippen LogP contribution in [0.3, 0.4) is 0 Å². The lowest BCUT2D eigenvalue weighted by Crippen LogP contribution is -2.80. The number of Topliss-reactive ketones (excluding diaryl/α,β-unsaturated/α-hetero) is 2. The Morgan fingerprint density at radius 3 is 2.23 bits per heavy atom. The highest BCUT2D eigenvalue weighted by molar-refractivity contribution is 5.98. The molecule has 2 aliphatic rings. The molecule has 2 heterocycles. The predicted molar refractivity (Wildman–Crippen MR) is 86.9 cm³/mol. The molecule has 142 valence electrons. The van der Waals surface area contributed by atoms with Gasteiger partial charge < -0.3 is 29.2 Å². The number of ether oxygens (including phenoxy) is 4. The summed E-state index contributed by atoms with van der Waals surface area (Å²) in [5, 5.41) is 22.2. The minimum absolute atomic E-state index is 0.0202. The number of ketones is 2. The van der Waals surface area contributed by atoms with E-state index < -0.39 is 47.6 Å². The highest BCUT2D eigenvalue weighted by atomic mass is 16.8. The number of aliphatic hydroxyl groups is 2. The first-order valence-electron chi connectivity index (χ1n) is 8.23. The Balaban J connectivity index is 2.04. The molecule has 2 N–H and O–H groups in total. The van der Waals surface area contributed by atoms with Gasteiger partial charge in [-0.25, -0.2) is 0 Å². The fourth-order valence-corrected chi connectivity index (χ4v) is 3.58. The van der Waals surface area contributed by atoms with Gasteiger partial charge in [0.1, 0.15) is 12.2 Å². The fourth-order valence-electron chi connectivity index (χ4n) is 3.58. The van der Waals surface area contributed by atoms with Gasteiger partial charge in [-0.05, 0) is 13.8 Å². The normalized spacial score (nSPS) is 39.9. The number of hydrogen-bond donors (Lipinski definition) is 2. The third-order valence-corrected chi connectivity index (χ3v) is 5.01. The molecule has 0 spiro atoms. The molecule has 8 heteroatoms. The zero-order valence-corrected chi connectivity index (χ0v) is 14.7. The smallest absolute Gasteiger partial charge is 0.212 e. The second-order valence-corrected chi connectivity index (χ2v) is 6.52. The number of hydrogen-bond acceptors (Lipinski definition) is 8. The summed E-state index contributed by atoms with van der Waals surface area (Å²) in [7, 11) is 1.21. The maximum atomic E-state index is 12.4. The molecular formula is C18H22O8. The lowest BCUT2D eigenvalue weighted by molar-refractivity contribution is -0.392. The molecule has 1 aromatic rings. The monoisotopic (exact) mass is 366 g/mol.